The van der Waals surface area contributed by atoms with E-state index in [9.17, 15) is 14.7 Å². The second-order valence-electron chi connectivity index (χ2n) is 6.88. The average Bonchev–Trinajstić information content (AvgIpc) is 3.20. The van der Waals surface area contributed by atoms with Crippen LogP contribution in [0.5, 0.6) is 0 Å². The predicted octanol–water partition coefficient (Wildman–Crippen LogP) is 4.69. The van der Waals surface area contributed by atoms with Gasteiger partial charge in [-0.15, -0.1) is 0 Å². The summed E-state index contributed by atoms with van der Waals surface area (Å²) in [7, 11) is 1.57. The summed E-state index contributed by atoms with van der Waals surface area (Å²) >= 11 is 13.2. The zero-order valence-electron chi connectivity index (χ0n) is 17.2. The van der Waals surface area contributed by atoms with Gasteiger partial charge in [-0.3, -0.25) is 9.59 Å². The molecule has 1 amide bonds. The lowest BCUT2D eigenvalue weighted by Crippen LogP contribution is -2.22. The number of aliphatic carboxylic acids is 1. The second-order valence-corrected chi connectivity index (χ2v) is 8.75. The Labute approximate surface area is 203 Å². The summed E-state index contributed by atoms with van der Waals surface area (Å²) < 4.78 is 3.49. The Balaban J connectivity index is 1.69. The average molecular weight is 502 g/mol. The highest BCUT2D eigenvalue weighted by Crippen LogP contribution is 2.33. The van der Waals surface area contributed by atoms with Crippen molar-refractivity contribution in [3.63, 3.8) is 0 Å². The Morgan fingerprint density at radius 1 is 1.12 bits per heavy atom. The van der Waals surface area contributed by atoms with Gasteiger partial charge in [-0.25, -0.2) is 9.97 Å². The van der Waals surface area contributed by atoms with Crippen LogP contribution in [0, 0.1) is 0 Å². The van der Waals surface area contributed by atoms with Crippen molar-refractivity contribution < 1.29 is 14.7 Å². The molecule has 0 aliphatic heterocycles. The lowest BCUT2D eigenvalue weighted by molar-refractivity contribution is -0.135. The quantitative estimate of drug-likeness (QED) is 0.280. The second kappa shape index (κ2) is 9.70. The monoisotopic (exact) mass is 501 g/mol. The van der Waals surface area contributed by atoms with E-state index in [2.05, 4.69) is 15.3 Å². The molecule has 0 aliphatic carbocycles. The largest absolute Gasteiger partial charge is 0.480 e. The van der Waals surface area contributed by atoms with E-state index in [1.807, 2.05) is 35.0 Å². The molecule has 0 saturated heterocycles. The van der Waals surface area contributed by atoms with Gasteiger partial charge in [0.15, 0.2) is 0 Å². The smallest absolute Gasteiger partial charge is 0.324 e. The maximum atomic E-state index is 12.0. The van der Waals surface area contributed by atoms with Crippen LogP contribution in [-0.4, -0.2) is 45.1 Å². The van der Waals surface area contributed by atoms with E-state index in [0.29, 0.717) is 22.0 Å². The molecule has 0 atom stereocenters. The van der Waals surface area contributed by atoms with Gasteiger partial charge in [-0.05, 0) is 60.5 Å². The van der Waals surface area contributed by atoms with E-state index in [0.717, 1.165) is 10.9 Å². The first kappa shape index (κ1) is 22.9. The van der Waals surface area contributed by atoms with Gasteiger partial charge in [-0.2, -0.15) is 0 Å². The van der Waals surface area contributed by atoms with Crippen molar-refractivity contribution in [2.24, 2.45) is 0 Å². The number of nitrogens with one attached hydrogen (secondary N) is 1. The van der Waals surface area contributed by atoms with Crippen molar-refractivity contribution in [1.82, 2.24) is 19.9 Å². The van der Waals surface area contributed by atoms with E-state index in [1.54, 1.807) is 41.8 Å². The summed E-state index contributed by atoms with van der Waals surface area (Å²) in [5.41, 5.74) is 2.04. The lowest BCUT2D eigenvalue weighted by atomic mass is 10.2. The van der Waals surface area contributed by atoms with E-state index < -0.39 is 5.97 Å². The number of halogens is 2. The summed E-state index contributed by atoms with van der Waals surface area (Å²) in [4.78, 5) is 32.4. The molecule has 3 heterocycles. The van der Waals surface area contributed by atoms with Crippen molar-refractivity contribution in [3.8, 4) is 5.82 Å². The van der Waals surface area contributed by atoms with E-state index >= 15 is 0 Å². The highest BCUT2D eigenvalue weighted by Gasteiger charge is 2.16. The molecule has 3 aromatic heterocycles. The fraction of sp³-hybridized carbons (Fsp3) is 0.0909. The number of fused-ring (bicyclic) bond motifs is 1. The molecule has 4 aromatic rings. The zero-order valence-corrected chi connectivity index (χ0v) is 19.5. The number of aromatic nitrogens is 3. The van der Waals surface area contributed by atoms with Crippen molar-refractivity contribution >= 4 is 63.6 Å². The molecule has 0 unspecified atom stereocenters. The van der Waals surface area contributed by atoms with Crippen LogP contribution in [0.3, 0.4) is 0 Å². The number of anilines is 1. The van der Waals surface area contributed by atoms with Crippen LogP contribution < -0.4 is 9.62 Å². The molecule has 33 heavy (non-hydrogen) atoms. The number of rotatable bonds is 7. The lowest BCUT2D eigenvalue weighted by Gasteiger charge is -2.21. The Hall–Kier alpha value is -3.27. The van der Waals surface area contributed by atoms with Crippen LogP contribution in [0.4, 0.5) is 5.69 Å². The van der Waals surface area contributed by atoms with Gasteiger partial charge in [0.1, 0.15) is 22.7 Å². The van der Waals surface area contributed by atoms with Gasteiger partial charge in [-0.1, -0.05) is 23.2 Å². The Morgan fingerprint density at radius 2 is 1.88 bits per heavy atom. The molecule has 0 radical (unpaired) electrons. The maximum Gasteiger partial charge on any atom is 0.324 e. The van der Waals surface area contributed by atoms with Crippen molar-refractivity contribution in [2.75, 3.05) is 17.9 Å². The minimum Gasteiger partial charge on any atom is -0.480 e. The fourth-order valence-corrected chi connectivity index (χ4v) is 4.81. The number of benzene rings is 1. The fourth-order valence-electron chi connectivity index (χ4n) is 3.24. The van der Waals surface area contributed by atoms with Gasteiger partial charge < -0.3 is 19.3 Å². The minimum absolute atomic E-state index is 0.199. The third-order valence-electron chi connectivity index (χ3n) is 4.67. The summed E-state index contributed by atoms with van der Waals surface area (Å²) in [5, 5.41) is 13.3. The molecule has 0 aliphatic rings. The summed E-state index contributed by atoms with van der Waals surface area (Å²) in [6.45, 7) is -0.246. The van der Waals surface area contributed by atoms with Gasteiger partial charge in [0, 0.05) is 41.0 Å². The molecule has 4 rings (SSSR count). The summed E-state index contributed by atoms with van der Waals surface area (Å²) in [5.74, 6) is -0.589. The highest BCUT2D eigenvalue weighted by atomic mass is 35.5. The number of hydrogen-bond donors (Lipinski definition) is 2. The van der Waals surface area contributed by atoms with Gasteiger partial charge in [0.05, 0.1) is 5.52 Å². The maximum absolute atomic E-state index is 12.0. The summed E-state index contributed by atoms with van der Waals surface area (Å²) in [6.07, 6.45) is 3.43. The number of carbonyl (C=O) groups excluding carboxylic acids is 1. The molecule has 168 valence electrons. The highest BCUT2D eigenvalue weighted by molar-refractivity contribution is 8.00. The molecule has 0 spiro atoms. The van der Waals surface area contributed by atoms with Crippen molar-refractivity contribution in [3.05, 3.63) is 76.8 Å². The Morgan fingerprint density at radius 3 is 2.58 bits per heavy atom. The van der Waals surface area contributed by atoms with Crippen LogP contribution in [0.2, 0.25) is 10.3 Å². The number of carboxylic acid groups (broad SMARTS) is 1. The third-order valence-corrected chi connectivity index (χ3v) is 6.07. The number of carboxylic acids is 1. The first-order chi connectivity index (χ1) is 15.8. The molecule has 8 nitrogen and oxygen atoms in total. The molecule has 2 N–H and O–H groups in total. The topological polar surface area (TPSA) is 100 Å². The molecular weight excluding hydrogens is 485 g/mol. The zero-order chi connectivity index (χ0) is 23.5. The first-order valence-corrected chi connectivity index (χ1v) is 11.2. The minimum atomic E-state index is -0.985. The number of pyridine rings is 2. The molecule has 11 heteroatoms. The number of hydrogen-bond acceptors (Lipinski definition) is 6. The number of carbonyl (C=O) groups is 2. The Kier molecular flexibility index (Phi) is 6.73. The van der Waals surface area contributed by atoms with Crippen LogP contribution in [0.15, 0.2) is 65.8 Å². The number of amides is 1. The van der Waals surface area contributed by atoms with Gasteiger partial charge in [0.2, 0.25) is 0 Å². The molecular formula is C22H17Cl2N5O3S. The van der Waals surface area contributed by atoms with Crippen LogP contribution in [0.25, 0.3) is 16.7 Å². The Bertz CT molecular complexity index is 1340. The third kappa shape index (κ3) is 5.22. The standard InChI is InChI=1S/C22H17Cl2N5O3S/c1-25-22(32)14-4-6-26-20(9-14)28-7-5-13-8-15(2-3-17(13)28)29(12-21(30)31)33-16-10-18(23)27-19(24)11-16/h2-11H,12H2,1H3,(H,25,32)(H,30,31). The summed E-state index contributed by atoms with van der Waals surface area (Å²) in [6, 6.07) is 14.1. The van der Waals surface area contributed by atoms with E-state index in [-0.39, 0.29) is 22.8 Å². The normalized spacial score (nSPS) is 10.9. The van der Waals surface area contributed by atoms with Gasteiger partial charge >= 0.3 is 5.97 Å². The van der Waals surface area contributed by atoms with Crippen LogP contribution in [0.1, 0.15) is 10.4 Å². The predicted molar refractivity (Wildman–Crippen MR) is 130 cm³/mol. The number of nitrogens with zero attached hydrogens (tertiary/aromatic N) is 4. The molecule has 0 saturated carbocycles. The van der Waals surface area contributed by atoms with E-state index in [1.165, 1.54) is 11.9 Å². The molecule has 0 fully saturated rings. The van der Waals surface area contributed by atoms with E-state index in [4.69, 9.17) is 23.2 Å². The SMILES string of the molecule is CNC(=O)c1ccnc(-n2ccc3cc(N(CC(=O)O)Sc4cc(Cl)nc(Cl)c4)ccc32)c1. The molecule has 0 bridgehead atoms. The van der Waals surface area contributed by atoms with Crippen LogP contribution >= 0.6 is 35.1 Å². The van der Waals surface area contributed by atoms with Gasteiger partial charge in [0.25, 0.3) is 5.91 Å². The van der Waals surface area contributed by atoms with Crippen LogP contribution in [-0.2, 0) is 4.79 Å². The molecule has 1 aromatic carbocycles. The van der Waals surface area contributed by atoms with Crippen molar-refractivity contribution in [2.45, 2.75) is 4.90 Å². The van der Waals surface area contributed by atoms with Crippen molar-refractivity contribution in [1.29, 1.82) is 0 Å². The first-order valence-electron chi connectivity index (χ1n) is 9.64.